The van der Waals surface area contributed by atoms with Crippen LogP contribution in [0.4, 0.5) is 0 Å². The molecule has 0 radical (unpaired) electrons. The van der Waals surface area contributed by atoms with E-state index in [9.17, 15) is 0 Å². The van der Waals surface area contributed by atoms with Gasteiger partial charge in [-0.2, -0.15) is 0 Å². The zero-order valence-corrected chi connectivity index (χ0v) is 11.7. The molecule has 2 rings (SSSR count). The van der Waals surface area contributed by atoms with Gasteiger partial charge in [0.2, 0.25) is 12.2 Å². The lowest BCUT2D eigenvalue weighted by Gasteiger charge is -2.13. The lowest BCUT2D eigenvalue weighted by Crippen LogP contribution is -2.08. The molecule has 0 aliphatic rings. The minimum atomic E-state index is -0.481. The van der Waals surface area contributed by atoms with E-state index in [1.165, 1.54) is 0 Å². The van der Waals surface area contributed by atoms with Crippen molar-refractivity contribution >= 4 is 0 Å². The Morgan fingerprint density at radius 1 is 1.05 bits per heavy atom. The summed E-state index contributed by atoms with van der Waals surface area (Å²) < 4.78 is 15.4. The lowest BCUT2D eigenvalue weighted by molar-refractivity contribution is -0.108. The van der Waals surface area contributed by atoms with Gasteiger partial charge in [0.05, 0.1) is 12.8 Å². The number of ether oxygens (including phenoxy) is 3. The van der Waals surface area contributed by atoms with E-state index in [1.807, 2.05) is 12.1 Å². The molecule has 0 aromatic carbocycles. The summed E-state index contributed by atoms with van der Waals surface area (Å²) in [5.74, 6) is 1.27. The summed E-state index contributed by atoms with van der Waals surface area (Å²) in [6.07, 6.45) is 3.55. The first-order valence-corrected chi connectivity index (χ1v) is 6.13. The van der Waals surface area contributed by atoms with Crippen LogP contribution in [0.2, 0.25) is 0 Å². The van der Waals surface area contributed by atoms with E-state index in [0.717, 1.165) is 5.56 Å². The summed E-state index contributed by atoms with van der Waals surface area (Å²) in [6.45, 7) is 0. The number of hydrogen-bond acceptors (Lipinski definition) is 6. The number of rotatable bonds is 6. The monoisotopic (exact) mass is 275 g/mol. The fraction of sp³-hybridized carbons (Fsp3) is 0.357. The summed E-state index contributed by atoms with van der Waals surface area (Å²) in [6, 6.07) is 5.52. The Bertz CT molecular complexity index is 542. The molecule has 0 amide bonds. The SMILES string of the molecule is COc1ccc(Cc2nccc(C(OC)OC)n2)cn1. The molecule has 6 heteroatoms. The number of methoxy groups -OCH3 is 3. The molecule has 0 aliphatic carbocycles. The van der Waals surface area contributed by atoms with Crippen molar-refractivity contribution in [2.24, 2.45) is 0 Å². The summed E-state index contributed by atoms with van der Waals surface area (Å²) in [5, 5.41) is 0. The predicted octanol–water partition coefficient (Wildman–Crippen LogP) is 1.76. The smallest absolute Gasteiger partial charge is 0.212 e. The van der Waals surface area contributed by atoms with Crippen molar-refractivity contribution in [2.75, 3.05) is 21.3 Å². The first kappa shape index (κ1) is 14.4. The fourth-order valence-corrected chi connectivity index (χ4v) is 1.79. The molecule has 0 bridgehead atoms. The number of nitrogens with zero attached hydrogens (tertiary/aromatic N) is 3. The van der Waals surface area contributed by atoms with Crippen molar-refractivity contribution < 1.29 is 14.2 Å². The van der Waals surface area contributed by atoms with E-state index in [-0.39, 0.29) is 0 Å². The van der Waals surface area contributed by atoms with E-state index in [0.29, 0.717) is 23.8 Å². The van der Waals surface area contributed by atoms with Crippen LogP contribution in [-0.2, 0) is 15.9 Å². The van der Waals surface area contributed by atoms with Gasteiger partial charge < -0.3 is 14.2 Å². The van der Waals surface area contributed by atoms with Gasteiger partial charge in [0.15, 0.2) is 0 Å². The second-order valence-corrected chi connectivity index (χ2v) is 4.09. The molecule has 20 heavy (non-hydrogen) atoms. The highest BCUT2D eigenvalue weighted by atomic mass is 16.7. The van der Waals surface area contributed by atoms with Gasteiger partial charge in [-0.15, -0.1) is 0 Å². The second-order valence-electron chi connectivity index (χ2n) is 4.09. The molecule has 2 aromatic heterocycles. The maximum Gasteiger partial charge on any atom is 0.212 e. The van der Waals surface area contributed by atoms with Gasteiger partial charge >= 0.3 is 0 Å². The molecule has 0 spiro atoms. The molecule has 2 heterocycles. The number of pyridine rings is 1. The fourth-order valence-electron chi connectivity index (χ4n) is 1.79. The van der Waals surface area contributed by atoms with Crippen LogP contribution in [0.25, 0.3) is 0 Å². The largest absolute Gasteiger partial charge is 0.481 e. The Kier molecular flexibility index (Phi) is 4.97. The standard InChI is InChI=1S/C14H17N3O3/c1-18-13-5-4-10(9-16-13)8-12-15-7-6-11(17-12)14(19-2)20-3/h4-7,9,14H,8H2,1-3H3. The summed E-state index contributed by atoms with van der Waals surface area (Å²) in [4.78, 5) is 12.8. The molecule has 0 aliphatic heterocycles. The quantitative estimate of drug-likeness (QED) is 0.748. The Labute approximate surface area is 117 Å². The van der Waals surface area contributed by atoms with Gasteiger partial charge in [-0.1, -0.05) is 6.07 Å². The highest BCUT2D eigenvalue weighted by Crippen LogP contribution is 2.15. The van der Waals surface area contributed by atoms with Crippen molar-refractivity contribution in [2.45, 2.75) is 12.7 Å². The van der Waals surface area contributed by atoms with Gasteiger partial charge in [-0.25, -0.2) is 15.0 Å². The highest BCUT2D eigenvalue weighted by molar-refractivity contribution is 5.21. The molecular weight excluding hydrogens is 258 g/mol. The third kappa shape index (κ3) is 3.49. The van der Waals surface area contributed by atoms with Crippen LogP contribution in [0.1, 0.15) is 23.4 Å². The van der Waals surface area contributed by atoms with Gasteiger partial charge in [-0.05, 0) is 11.6 Å². The number of aromatic nitrogens is 3. The first-order valence-electron chi connectivity index (χ1n) is 6.13. The third-order valence-corrected chi connectivity index (χ3v) is 2.77. The van der Waals surface area contributed by atoms with Gasteiger partial charge in [0, 0.05) is 39.1 Å². The molecule has 0 unspecified atom stereocenters. The lowest BCUT2D eigenvalue weighted by atomic mass is 10.2. The molecule has 0 N–H and O–H groups in total. The summed E-state index contributed by atoms with van der Waals surface area (Å²) >= 11 is 0. The normalized spacial score (nSPS) is 10.8. The molecule has 6 nitrogen and oxygen atoms in total. The molecular formula is C14H17N3O3. The van der Waals surface area contributed by atoms with Gasteiger partial charge in [0.25, 0.3) is 0 Å². The average Bonchev–Trinajstić information content (AvgIpc) is 2.50. The second kappa shape index (κ2) is 6.93. The van der Waals surface area contributed by atoms with Crippen molar-refractivity contribution in [1.82, 2.24) is 15.0 Å². The number of hydrogen-bond donors (Lipinski definition) is 0. The predicted molar refractivity (Wildman–Crippen MR) is 72.4 cm³/mol. The minimum Gasteiger partial charge on any atom is -0.481 e. The van der Waals surface area contributed by atoms with Crippen molar-refractivity contribution in [3.05, 3.63) is 47.7 Å². The Balaban J connectivity index is 2.14. The maximum absolute atomic E-state index is 5.18. The molecule has 0 saturated heterocycles. The molecule has 2 aromatic rings. The van der Waals surface area contributed by atoms with Crippen molar-refractivity contribution in [3.63, 3.8) is 0 Å². The van der Waals surface area contributed by atoms with Crippen molar-refractivity contribution in [3.8, 4) is 5.88 Å². The third-order valence-electron chi connectivity index (χ3n) is 2.77. The molecule has 0 atom stereocenters. The molecule has 0 saturated carbocycles. The van der Waals surface area contributed by atoms with Crippen LogP contribution >= 0.6 is 0 Å². The van der Waals surface area contributed by atoms with E-state index in [1.54, 1.807) is 39.8 Å². The topological polar surface area (TPSA) is 66.4 Å². The zero-order chi connectivity index (χ0) is 14.4. The Morgan fingerprint density at radius 3 is 2.45 bits per heavy atom. The highest BCUT2D eigenvalue weighted by Gasteiger charge is 2.11. The van der Waals surface area contributed by atoms with Crippen LogP contribution in [0.3, 0.4) is 0 Å². The zero-order valence-electron chi connectivity index (χ0n) is 11.7. The molecule has 0 fully saturated rings. The van der Waals surface area contributed by atoms with E-state index in [4.69, 9.17) is 14.2 Å². The average molecular weight is 275 g/mol. The summed E-state index contributed by atoms with van der Waals surface area (Å²) in [5.41, 5.74) is 1.70. The van der Waals surface area contributed by atoms with Crippen LogP contribution in [0.15, 0.2) is 30.6 Å². The van der Waals surface area contributed by atoms with Crippen LogP contribution in [0.5, 0.6) is 5.88 Å². The minimum absolute atomic E-state index is 0.481. The Morgan fingerprint density at radius 2 is 1.85 bits per heavy atom. The van der Waals surface area contributed by atoms with Crippen LogP contribution in [0, 0.1) is 0 Å². The molecule has 106 valence electrons. The van der Waals surface area contributed by atoms with E-state index < -0.39 is 6.29 Å². The van der Waals surface area contributed by atoms with Crippen LogP contribution in [-0.4, -0.2) is 36.3 Å². The van der Waals surface area contributed by atoms with Gasteiger partial charge in [0.1, 0.15) is 5.82 Å². The van der Waals surface area contributed by atoms with E-state index in [2.05, 4.69) is 15.0 Å². The van der Waals surface area contributed by atoms with E-state index >= 15 is 0 Å². The van der Waals surface area contributed by atoms with Gasteiger partial charge in [-0.3, -0.25) is 0 Å². The van der Waals surface area contributed by atoms with Crippen molar-refractivity contribution in [1.29, 1.82) is 0 Å². The maximum atomic E-state index is 5.18. The first-order chi connectivity index (χ1) is 9.76. The summed E-state index contributed by atoms with van der Waals surface area (Å²) in [7, 11) is 4.73. The van der Waals surface area contributed by atoms with Crippen LogP contribution < -0.4 is 4.74 Å². The Hall–Kier alpha value is -2.05.